The van der Waals surface area contributed by atoms with Crippen LogP contribution < -0.4 is 5.32 Å². The summed E-state index contributed by atoms with van der Waals surface area (Å²) in [5.74, 6) is 0.697. The van der Waals surface area contributed by atoms with E-state index in [1.165, 1.54) is 4.88 Å². The maximum Gasteiger partial charge on any atom is 0.0388 e. The van der Waals surface area contributed by atoms with Crippen molar-refractivity contribution >= 4 is 11.3 Å². The summed E-state index contributed by atoms with van der Waals surface area (Å²) in [5.41, 5.74) is 0. The summed E-state index contributed by atoms with van der Waals surface area (Å²) in [6, 6.07) is 5.36. The Hall–Kier alpha value is -0.340. The molecule has 0 aliphatic heterocycles. The Bertz CT molecular complexity index is 228. The molecule has 0 fully saturated rings. The van der Waals surface area contributed by atoms with Gasteiger partial charge in [-0.15, -0.1) is 11.3 Å². The smallest absolute Gasteiger partial charge is 0.0388 e. The maximum atomic E-state index is 3.59. The second kappa shape index (κ2) is 4.77. The number of hydrogen-bond donors (Lipinski definition) is 1. The molecular formula is C11H19NS. The van der Waals surface area contributed by atoms with E-state index < -0.39 is 0 Å². The molecule has 1 rings (SSSR count). The molecule has 1 nitrogen and oxygen atoms in total. The van der Waals surface area contributed by atoms with Crippen LogP contribution in [0.3, 0.4) is 0 Å². The van der Waals surface area contributed by atoms with Crippen molar-refractivity contribution in [2.45, 2.75) is 39.8 Å². The van der Waals surface area contributed by atoms with E-state index in [1.54, 1.807) is 0 Å². The second-order valence-corrected chi connectivity index (χ2v) is 4.92. The highest BCUT2D eigenvalue weighted by Crippen LogP contribution is 2.19. The number of thiophene rings is 1. The van der Waals surface area contributed by atoms with Crippen LogP contribution in [-0.2, 0) is 0 Å². The zero-order valence-corrected chi connectivity index (χ0v) is 9.69. The van der Waals surface area contributed by atoms with E-state index in [-0.39, 0.29) is 0 Å². The molecule has 1 heterocycles. The van der Waals surface area contributed by atoms with Gasteiger partial charge in [0.2, 0.25) is 0 Å². The number of hydrogen-bond acceptors (Lipinski definition) is 2. The quantitative estimate of drug-likeness (QED) is 0.779. The third-order valence-corrected chi connectivity index (χ3v) is 3.54. The molecule has 0 saturated carbocycles. The fraction of sp³-hybridized carbons (Fsp3) is 0.636. The lowest BCUT2D eigenvalue weighted by Crippen LogP contribution is -2.32. The Kier molecular flexibility index (Phi) is 3.94. The van der Waals surface area contributed by atoms with Gasteiger partial charge in [0.05, 0.1) is 0 Å². The average Bonchev–Trinajstić information content (AvgIpc) is 2.55. The Morgan fingerprint density at radius 1 is 1.23 bits per heavy atom. The van der Waals surface area contributed by atoms with E-state index in [2.05, 4.69) is 50.5 Å². The van der Waals surface area contributed by atoms with Crippen molar-refractivity contribution in [1.82, 2.24) is 5.32 Å². The summed E-state index contributed by atoms with van der Waals surface area (Å²) in [7, 11) is 0. The summed E-state index contributed by atoms with van der Waals surface area (Å²) in [6.45, 7) is 8.97. The first-order valence-corrected chi connectivity index (χ1v) is 5.78. The van der Waals surface area contributed by atoms with Gasteiger partial charge in [-0.1, -0.05) is 19.9 Å². The van der Waals surface area contributed by atoms with Crippen molar-refractivity contribution < 1.29 is 0 Å². The summed E-state index contributed by atoms with van der Waals surface area (Å²) in [6.07, 6.45) is 0. The predicted octanol–water partition coefficient (Wildman–Crippen LogP) is 3.44. The topological polar surface area (TPSA) is 12.0 Å². The molecule has 0 aliphatic rings. The third-order valence-electron chi connectivity index (χ3n) is 2.48. The first kappa shape index (κ1) is 10.7. The van der Waals surface area contributed by atoms with E-state index in [0.717, 1.165) is 0 Å². The molecule has 1 aromatic rings. The lowest BCUT2D eigenvalue weighted by molar-refractivity contribution is 0.391. The van der Waals surface area contributed by atoms with Crippen LogP contribution in [0.2, 0.25) is 0 Å². The Morgan fingerprint density at radius 2 is 1.92 bits per heavy atom. The molecule has 74 valence electrons. The molecule has 2 heteroatoms. The van der Waals surface area contributed by atoms with E-state index in [1.807, 2.05) is 11.3 Å². The monoisotopic (exact) mass is 197 g/mol. The van der Waals surface area contributed by atoms with E-state index in [0.29, 0.717) is 18.0 Å². The van der Waals surface area contributed by atoms with Crippen molar-refractivity contribution in [2.24, 2.45) is 5.92 Å². The second-order valence-electron chi connectivity index (χ2n) is 3.94. The molecular weight excluding hydrogens is 178 g/mol. The zero-order valence-electron chi connectivity index (χ0n) is 8.87. The van der Waals surface area contributed by atoms with Gasteiger partial charge < -0.3 is 5.32 Å². The summed E-state index contributed by atoms with van der Waals surface area (Å²) >= 11 is 1.82. The highest BCUT2D eigenvalue weighted by molar-refractivity contribution is 7.10. The van der Waals surface area contributed by atoms with E-state index >= 15 is 0 Å². The Labute approximate surface area is 85.2 Å². The highest BCUT2D eigenvalue weighted by Gasteiger charge is 2.12. The molecule has 1 aromatic heterocycles. The summed E-state index contributed by atoms with van der Waals surface area (Å²) < 4.78 is 0. The van der Waals surface area contributed by atoms with Crippen LogP contribution in [0.25, 0.3) is 0 Å². The van der Waals surface area contributed by atoms with Crippen LogP contribution in [0.5, 0.6) is 0 Å². The SMILES string of the molecule is CC(C)[C@H](C)N[C@@H](C)c1cccs1. The van der Waals surface area contributed by atoms with Crippen LogP contribution >= 0.6 is 11.3 Å². The van der Waals surface area contributed by atoms with E-state index in [9.17, 15) is 0 Å². The van der Waals surface area contributed by atoms with Gasteiger partial charge in [0.25, 0.3) is 0 Å². The first-order chi connectivity index (χ1) is 6.11. The number of nitrogens with one attached hydrogen (secondary N) is 1. The van der Waals surface area contributed by atoms with Crippen molar-refractivity contribution in [3.8, 4) is 0 Å². The molecule has 0 aromatic carbocycles. The van der Waals surface area contributed by atoms with Gasteiger partial charge in [0, 0.05) is 17.0 Å². The maximum absolute atomic E-state index is 3.59. The largest absolute Gasteiger partial charge is 0.307 e. The minimum Gasteiger partial charge on any atom is -0.307 e. The van der Waals surface area contributed by atoms with Crippen LogP contribution in [0.4, 0.5) is 0 Å². The van der Waals surface area contributed by atoms with Crippen LogP contribution in [0, 0.1) is 5.92 Å². The Morgan fingerprint density at radius 3 is 2.38 bits per heavy atom. The highest BCUT2D eigenvalue weighted by atomic mass is 32.1. The molecule has 0 radical (unpaired) electrons. The number of rotatable bonds is 4. The van der Waals surface area contributed by atoms with Gasteiger partial charge in [0.15, 0.2) is 0 Å². The lowest BCUT2D eigenvalue weighted by atomic mass is 10.1. The summed E-state index contributed by atoms with van der Waals surface area (Å²) in [5, 5.41) is 5.72. The van der Waals surface area contributed by atoms with Gasteiger partial charge in [-0.25, -0.2) is 0 Å². The van der Waals surface area contributed by atoms with Gasteiger partial charge >= 0.3 is 0 Å². The Balaban J connectivity index is 2.46. The minimum atomic E-state index is 0.484. The van der Waals surface area contributed by atoms with Crippen LogP contribution in [0.15, 0.2) is 17.5 Å². The minimum absolute atomic E-state index is 0.484. The van der Waals surface area contributed by atoms with E-state index in [4.69, 9.17) is 0 Å². The van der Waals surface area contributed by atoms with Crippen molar-refractivity contribution in [2.75, 3.05) is 0 Å². The molecule has 13 heavy (non-hydrogen) atoms. The average molecular weight is 197 g/mol. The van der Waals surface area contributed by atoms with Crippen molar-refractivity contribution in [1.29, 1.82) is 0 Å². The van der Waals surface area contributed by atoms with Gasteiger partial charge in [-0.05, 0) is 31.2 Å². The van der Waals surface area contributed by atoms with Crippen LogP contribution in [-0.4, -0.2) is 6.04 Å². The van der Waals surface area contributed by atoms with Gasteiger partial charge in [-0.3, -0.25) is 0 Å². The molecule has 2 atom stereocenters. The molecule has 1 N–H and O–H groups in total. The summed E-state index contributed by atoms with van der Waals surface area (Å²) in [4.78, 5) is 1.42. The van der Waals surface area contributed by atoms with Crippen LogP contribution in [0.1, 0.15) is 38.6 Å². The van der Waals surface area contributed by atoms with Crippen molar-refractivity contribution in [3.63, 3.8) is 0 Å². The molecule has 0 bridgehead atoms. The first-order valence-electron chi connectivity index (χ1n) is 4.90. The molecule has 0 saturated heterocycles. The van der Waals surface area contributed by atoms with Gasteiger partial charge in [0.1, 0.15) is 0 Å². The fourth-order valence-electron chi connectivity index (χ4n) is 1.21. The molecule has 0 unspecified atom stereocenters. The standard InChI is InChI=1S/C11H19NS/c1-8(2)9(3)12-10(4)11-6-5-7-13-11/h5-10,12H,1-4H3/t9-,10-/m0/s1. The molecule has 0 aliphatic carbocycles. The van der Waals surface area contributed by atoms with Crippen molar-refractivity contribution in [3.05, 3.63) is 22.4 Å². The molecule has 0 spiro atoms. The zero-order chi connectivity index (χ0) is 9.84. The normalized spacial score (nSPS) is 16.1. The molecule has 0 amide bonds. The predicted molar refractivity (Wildman–Crippen MR) is 60.2 cm³/mol. The lowest BCUT2D eigenvalue weighted by Gasteiger charge is -2.22. The van der Waals surface area contributed by atoms with Gasteiger partial charge in [-0.2, -0.15) is 0 Å². The fourth-order valence-corrected chi connectivity index (χ4v) is 1.95. The third kappa shape index (κ3) is 3.12.